The van der Waals surface area contributed by atoms with Gasteiger partial charge in [-0.15, -0.1) is 0 Å². The Morgan fingerprint density at radius 3 is 2.67 bits per heavy atom. The summed E-state index contributed by atoms with van der Waals surface area (Å²) in [5, 5.41) is 2.60. The van der Waals surface area contributed by atoms with Gasteiger partial charge in [-0.3, -0.25) is 0 Å². The average molecular weight is 242 g/mol. The number of unbranched alkanes of at least 4 members (excludes halogenated alkanes) is 1. The van der Waals surface area contributed by atoms with Crippen molar-refractivity contribution in [3.8, 4) is 0 Å². The van der Waals surface area contributed by atoms with Crippen LogP contribution in [0.2, 0.25) is 0 Å². The van der Waals surface area contributed by atoms with E-state index in [0.29, 0.717) is 12.7 Å². The van der Waals surface area contributed by atoms with Crippen molar-refractivity contribution in [2.75, 3.05) is 0 Å². The fourth-order valence-electron chi connectivity index (χ4n) is 2.23. The number of hydrogen-bond acceptors (Lipinski definition) is 1. The second-order valence-corrected chi connectivity index (χ2v) is 4.90. The molecule has 1 heteroatoms. The monoisotopic (exact) mass is 242 g/mol. The zero-order valence-corrected chi connectivity index (χ0v) is 11.4. The average Bonchev–Trinajstić information content (AvgIpc) is 2.42. The van der Waals surface area contributed by atoms with E-state index in [1.807, 2.05) is 0 Å². The lowest BCUT2D eigenvalue weighted by Gasteiger charge is -2.13. The Kier molecular flexibility index (Phi) is 4.77. The maximum Gasteiger partial charge on any atom is 0.0726 e. The summed E-state index contributed by atoms with van der Waals surface area (Å²) in [4.78, 5) is 0. The van der Waals surface area contributed by atoms with Crippen LogP contribution in [-0.2, 0) is 11.3 Å². The molecule has 0 saturated carbocycles. The summed E-state index contributed by atoms with van der Waals surface area (Å²) >= 11 is 0. The first kappa shape index (κ1) is 13.1. The van der Waals surface area contributed by atoms with E-state index < -0.39 is 0 Å². The van der Waals surface area contributed by atoms with E-state index in [1.54, 1.807) is 0 Å². The normalized spacial score (nSPS) is 12.8. The van der Waals surface area contributed by atoms with E-state index in [9.17, 15) is 0 Å². The van der Waals surface area contributed by atoms with Crippen molar-refractivity contribution in [1.29, 1.82) is 0 Å². The summed E-state index contributed by atoms with van der Waals surface area (Å²) in [6.45, 7) is 5.10. The highest BCUT2D eigenvalue weighted by atomic mass is 16.5. The first-order valence-corrected chi connectivity index (χ1v) is 6.89. The van der Waals surface area contributed by atoms with Gasteiger partial charge in [0.25, 0.3) is 0 Å². The number of fused-ring (bicyclic) bond motifs is 1. The lowest BCUT2D eigenvalue weighted by molar-refractivity contribution is 0.0468. The van der Waals surface area contributed by atoms with Crippen LogP contribution in [-0.4, -0.2) is 6.10 Å². The van der Waals surface area contributed by atoms with Gasteiger partial charge in [-0.2, -0.15) is 0 Å². The molecule has 0 radical (unpaired) electrons. The van der Waals surface area contributed by atoms with Gasteiger partial charge in [0.05, 0.1) is 12.7 Å². The van der Waals surface area contributed by atoms with E-state index in [2.05, 4.69) is 56.3 Å². The van der Waals surface area contributed by atoms with E-state index in [1.165, 1.54) is 29.2 Å². The molecule has 0 fully saturated rings. The Hall–Kier alpha value is -1.34. The third-order valence-electron chi connectivity index (χ3n) is 3.37. The first-order valence-electron chi connectivity index (χ1n) is 6.89. The van der Waals surface area contributed by atoms with Gasteiger partial charge in [-0.1, -0.05) is 62.2 Å². The van der Waals surface area contributed by atoms with Gasteiger partial charge in [0.1, 0.15) is 0 Å². The van der Waals surface area contributed by atoms with Gasteiger partial charge >= 0.3 is 0 Å². The molecule has 18 heavy (non-hydrogen) atoms. The molecule has 0 aromatic heterocycles. The summed E-state index contributed by atoms with van der Waals surface area (Å²) in [6, 6.07) is 14.9. The molecule has 2 aromatic rings. The largest absolute Gasteiger partial charge is 0.374 e. The summed E-state index contributed by atoms with van der Waals surface area (Å²) < 4.78 is 5.94. The van der Waals surface area contributed by atoms with Crippen LogP contribution >= 0.6 is 0 Å². The fourth-order valence-corrected chi connectivity index (χ4v) is 2.23. The maximum atomic E-state index is 5.94. The van der Waals surface area contributed by atoms with Crippen LogP contribution in [0.1, 0.15) is 38.7 Å². The molecule has 0 heterocycles. The van der Waals surface area contributed by atoms with Gasteiger partial charge in [0.2, 0.25) is 0 Å². The molecule has 0 saturated heterocycles. The lowest BCUT2D eigenvalue weighted by atomic mass is 10.1. The second kappa shape index (κ2) is 6.55. The minimum absolute atomic E-state index is 0.351. The van der Waals surface area contributed by atoms with Crippen molar-refractivity contribution in [3.05, 3.63) is 48.0 Å². The van der Waals surface area contributed by atoms with Crippen LogP contribution < -0.4 is 0 Å². The molecule has 96 valence electrons. The van der Waals surface area contributed by atoms with Crippen molar-refractivity contribution in [1.82, 2.24) is 0 Å². The fraction of sp³-hybridized carbons (Fsp3) is 0.412. The molecule has 0 amide bonds. The van der Waals surface area contributed by atoms with E-state index in [0.717, 1.165) is 6.42 Å². The predicted octanol–water partition coefficient (Wildman–Crippen LogP) is 4.94. The Morgan fingerprint density at radius 1 is 1.06 bits per heavy atom. The molecular formula is C17H22O. The molecule has 0 bridgehead atoms. The molecule has 0 spiro atoms. The van der Waals surface area contributed by atoms with Gasteiger partial charge in [0, 0.05) is 0 Å². The predicted molar refractivity (Wildman–Crippen MR) is 77.7 cm³/mol. The zero-order valence-electron chi connectivity index (χ0n) is 11.4. The highest BCUT2D eigenvalue weighted by molar-refractivity contribution is 5.85. The minimum atomic E-state index is 0.351. The van der Waals surface area contributed by atoms with Crippen LogP contribution in [0, 0.1) is 0 Å². The Labute approximate surface area is 110 Å². The molecule has 2 aromatic carbocycles. The van der Waals surface area contributed by atoms with Gasteiger partial charge in [-0.05, 0) is 29.7 Å². The van der Waals surface area contributed by atoms with Crippen molar-refractivity contribution < 1.29 is 4.74 Å². The molecule has 0 aliphatic rings. The number of hydrogen-bond donors (Lipinski definition) is 0. The number of benzene rings is 2. The quantitative estimate of drug-likeness (QED) is 0.697. The third kappa shape index (κ3) is 3.33. The van der Waals surface area contributed by atoms with Gasteiger partial charge in [-0.25, -0.2) is 0 Å². The highest BCUT2D eigenvalue weighted by Gasteiger charge is 2.04. The van der Waals surface area contributed by atoms with E-state index in [4.69, 9.17) is 4.74 Å². The van der Waals surface area contributed by atoms with Gasteiger partial charge in [0.15, 0.2) is 0 Å². The SMILES string of the molecule is CCCCC(C)OCc1cccc2ccccc12. The highest BCUT2D eigenvalue weighted by Crippen LogP contribution is 2.20. The molecule has 1 atom stereocenters. The van der Waals surface area contributed by atoms with E-state index >= 15 is 0 Å². The van der Waals surface area contributed by atoms with Crippen LogP contribution in [0.3, 0.4) is 0 Å². The van der Waals surface area contributed by atoms with Crippen LogP contribution in [0.25, 0.3) is 10.8 Å². The smallest absolute Gasteiger partial charge is 0.0726 e. The summed E-state index contributed by atoms with van der Waals surface area (Å²) in [5.41, 5.74) is 1.29. The van der Waals surface area contributed by atoms with Crippen LogP contribution in [0.4, 0.5) is 0 Å². The lowest BCUT2D eigenvalue weighted by Crippen LogP contribution is -2.07. The first-order chi connectivity index (χ1) is 8.81. The topological polar surface area (TPSA) is 9.23 Å². The third-order valence-corrected chi connectivity index (χ3v) is 3.37. The number of rotatable bonds is 6. The van der Waals surface area contributed by atoms with Crippen molar-refractivity contribution in [3.63, 3.8) is 0 Å². The second-order valence-electron chi connectivity index (χ2n) is 4.90. The molecular weight excluding hydrogens is 220 g/mol. The van der Waals surface area contributed by atoms with Crippen LogP contribution in [0.5, 0.6) is 0 Å². The van der Waals surface area contributed by atoms with Crippen molar-refractivity contribution in [2.24, 2.45) is 0 Å². The zero-order chi connectivity index (χ0) is 12.8. The summed E-state index contributed by atoms with van der Waals surface area (Å²) in [6.07, 6.45) is 3.99. The summed E-state index contributed by atoms with van der Waals surface area (Å²) in [7, 11) is 0. The minimum Gasteiger partial charge on any atom is -0.374 e. The molecule has 0 N–H and O–H groups in total. The molecule has 1 nitrogen and oxygen atoms in total. The molecule has 1 unspecified atom stereocenters. The Bertz CT molecular complexity index is 484. The molecule has 2 rings (SSSR count). The molecule has 0 aliphatic carbocycles. The van der Waals surface area contributed by atoms with Crippen molar-refractivity contribution >= 4 is 10.8 Å². The van der Waals surface area contributed by atoms with Gasteiger partial charge < -0.3 is 4.74 Å². The van der Waals surface area contributed by atoms with Crippen LogP contribution in [0.15, 0.2) is 42.5 Å². The Morgan fingerprint density at radius 2 is 1.83 bits per heavy atom. The maximum absolute atomic E-state index is 5.94. The van der Waals surface area contributed by atoms with Crippen molar-refractivity contribution in [2.45, 2.75) is 45.8 Å². The summed E-state index contributed by atoms with van der Waals surface area (Å²) in [5.74, 6) is 0. The van der Waals surface area contributed by atoms with E-state index in [-0.39, 0.29) is 0 Å². The molecule has 0 aliphatic heterocycles. The number of ether oxygens (including phenoxy) is 1. The Balaban J connectivity index is 2.03. The standard InChI is InChI=1S/C17H22O/c1-3-4-8-14(2)18-13-16-11-7-10-15-9-5-6-12-17(15)16/h5-7,9-12,14H,3-4,8,13H2,1-2H3.